The van der Waals surface area contributed by atoms with E-state index in [-0.39, 0.29) is 6.04 Å². The number of nitrogens with one attached hydrogen (secondary N) is 1. The van der Waals surface area contributed by atoms with Gasteiger partial charge in [0.25, 0.3) is 0 Å². The second-order valence-corrected chi connectivity index (χ2v) is 5.78. The molecule has 19 heavy (non-hydrogen) atoms. The lowest BCUT2D eigenvalue weighted by molar-refractivity contribution is 0.283. The number of aromatic hydroxyl groups is 1. The summed E-state index contributed by atoms with van der Waals surface area (Å²) < 4.78 is 5.23. The molecule has 0 amide bonds. The fraction of sp³-hybridized carbons (Fsp3) is 0.625. The van der Waals surface area contributed by atoms with Crippen LogP contribution in [0.25, 0.3) is 0 Å². The Morgan fingerprint density at radius 2 is 2.16 bits per heavy atom. The molecule has 3 heteroatoms. The van der Waals surface area contributed by atoms with Crippen LogP contribution in [0.3, 0.4) is 0 Å². The molecule has 1 aromatic rings. The molecule has 1 aliphatic carbocycles. The van der Waals surface area contributed by atoms with E-state index in [9.17, 15) is 5.11 Å². The zero-order valence-corrected chi connectivity index (χ0v) is 12.1. The van der Waals surface area contributed by atoms with Gasteiger partial charge in [0.15, 0.2) is 0 Å². The Morgan fingerprint density at radius 1 is 1.37 bits per heavy atom. The van der Waals surface area contributed by atoms with Crippen LogP contribution in [-0.2, 0) is 0 Å². The van der Waals surface area contributed by atoms with Crippen molar-refractivity contribution >= 4 is 0 Å². The van der Waals surface area contributed by atoms with E-state index in [0.717, 1.165) is 17.2 Å². The zero-order chi connectivity index (χ0) is 13.8. The van der Waals surface area contributed by atoms with E-state index in [1.165, 1.54) is 25.7 Å². The van der Waals surface area contributed by atoms with Crippen LogP contribution in [0.4, 0.5) is 0 Å². The second-order valence-electron chi connectivity index (χ2n) is 5.78. The highest BCUT2D eigenvalue weighted by Crippen LogP contribution is 2.30. The van der Waals surface area contributed by atoms with Crippen LogP contribution >= 0.6 is 0 Å². The van der Waals surface area contributed by atoms with Crippen LogP contribution in [-0.4, -0.2) is 18.3 Å². The van der Waals surface area contributed by atoms with Gasteiger partial charge in [0.05, 0.1) is 7.11 Å². The van der Waals surface area contributed by atoms with Gasteiger partial charge in [-0.2, -0.15) is 0 Å². The van der Waals surface area contributed by atoms with Crippen LogP contribution in [0.1, 0.15) is 51.1 Å². The number of benzene rings is 1. The smallest absolute Gasteiger partial charge is 0.120 e. The van der Waals surface area contributed by atoms with Crippen LogP contribution in [0.15, 0.2) is 18.2 Å². The minimum atomic E-state index is 0.144. The molecule has 2 rings (SSSR count). The Labute approximate surface area is 116 Å². The minimum absolute atomic E-state index is 0.144. The number of rotatable bonds is 4. The Hall–Kier alpha value is -1.22. The maximum Gasteiger partial charge on any atom is 0.120 e. The summed E-state index contributed by atoms with van der Waals surface area (Å²) in [5.74, 6) is 1.93. The molecule has 0 bridgehead atoms. The molecule has 3 unspecified atom stereocenters. The van der Waals surface area contributed by atoms with E-state index in [4.69, 9.17) is 4.74 Å². The Balaban J connectivity index is 2.04. The maximum atomic E-state index is 9.99. The first-order valence-electron chi connectivity index (χ1n) is 7.23. The molecule has 0 spiro atoms. The molecule has 2 N–H and O–H groups in total. The van der Waals surface area contributed by atoms with Gasteiger partial charge >= 0.3 is 0 Å². The maximum absolute atomic E-state index is 9.99. The molecule has 1 saturated carbocycles. The summed E-state index contributed by atoms with van der Waals surface area (Å²) in [7, 11) is 1.65. The predicted octanol–water partition coefficient (Wildman–Crippen LogP) is 3.63. The van der Waals surface area contributed by atoms with E-state index >= 15 is 0 Å². The molecule has 0 aromatic heterocycles. The monoisotopic (exact) mass is 263 g/mol. The molecule has 1 fully saturated rings. The molecule has 0 heterocycles. The van der Waals surface area contributed by atoms with E-state index in [0.29, 0.717) is 11.8 Å². The minimum Gasteiger partial charge on any atom is -0.508 e. The lowest BCUT2D eigenvalue weighted by atomic mass is 9.86. The number of hydrogen-bond acceptors (Lipinski definition) is 3. The van der Waals surface area contributed by atoms with Crippen molar-refractivity contribution in [3.63, 3.8) is 0 Å². The van der Waals surface area contributed by atoms with E-state index in [1.54, 1.807) is 19.2 Å². The van der Waals surface area contributed by atoms with Crippen molar-refractivity contribution in [3.05, 3.63) is 23.8 Å². The Bertz CT molecular complexity index is 419. The number of ether oxygens (including phenoxy) is 1. The quantitative estimate of drug-likeness (QED) is 0.871. The van der Waals surface area contributed by atoms with Gasteiger partial charge in [-0.1, -0.05) is 19.8 Å². The summed E-state index contributed by atoms with van der Waals surface area (Å²) in [6, 6.07) is 6.11. The summed E-state index contributed by atoms with van der Waals surface area (Å²) in [6.45, 7) is 4.43. The van der Waals surface area contributed by atoms with Crippen molar-refractivity contribution in [1.82, 2.24) is 5.32 Å². The van der Waals surface area contributed by atoms with Gasteiger partial charge in [-0.25, -0.2) is 0 Å². The lowest BCUT2D eigenvalue weighted by Gasteiger charge is -2.30. The number of hydrogen-bond donors (Lipinski definition) is 2. The Kier molecular flexibility index (Phi) is 4.70. The number of phenols is 1. The van der Waals surface area contributed by atoms with Crippen molar-refractivity contribution < 1.29 is 9.84 Å². The third-order valence-corrected chi connectivity index (χ3v) is 4.12. The second kappa shape index (κ2) is 6.29. The van der Waals surface area contributed by atoms with Gasteiger partial charge in [-0.05, 0) is 43.9 Å². The fourth-order valence-electron chi connectivity index (χ4n) is 3.04. The van der Waals surface area contributed by atoms with Crippen LogP contribution in [0, 0.1) is 5.92 Å². The van der Waals surface area contributed by atoms with Gasteiger partial charge < -0.3 is 15.2 Å². The highest BCUT2D eigenvalue weighted by atomic mass is 16.5. The molecule has 1 aromatic carbocycles. The molecule has 3 atom stereocenters. The summed E-state index contributed by atoms with van der Waals surface area (Å²) >= 11 is 0. The van der Waals surface area contributed by atoms with Crippen molar-refractivity contribution in [1.29, 1.82) is 0 Å². The SMILES string of the molecule is COc1ccc(O)c(C(C)NC2CCCC(C)C2)c1. The van der Waals surface area contributed by atoms with Gasteiger partial charge in [0, 0.05) is 17.6 Å². The third kappa shape index (κ3) is 3.63. The van der Waals surface area contributed by atoms with E-state index < -0.39 is 0 Å². The van der Waals surface area contributed by atoms with E-state index in [2.05, 4.69) is 19.2 Å². The summed E-state index contributed by atoms with van der Waals surface area (Å²) in [5, 5.41) is 13.6. The predicted molar refractivity (Wildman–Crippen MR) is 77.6 cm³/mol. The van der Waals surface area contributed by atoms with Crippen LogP contribution in [0.5, 0.6) is 11.5 Å². The molecular formula is C16H25NO2. The average molecular weight is 263 g/mol. The third-order valence-electron chi connectivity index (χ3n) is 4.12. The topological polar surface area (TPSA) is 41.5 Å². The largest absolute Gasteiger partial charge is 0.508 e. The molecule has 0 radical (unpaired) electrons. The fourth-order valence-corrected chi connectivity index (χ4v) is 3.04. The van der Waals surface area contributed by atoms with Crippen molar-refractivity contribution in [3.8, 4) is 11.5 Å². The van der Waals surface area contributed by atoms with Gasteiger partial charge in [0.2, 0.25) is 0 Å². The van der Waals surface area contributed by atoms with Crippen LogP contribution < -0.4 is 10.1 Å². The number of methoxy groups -OCH3 is 1. The van der Waals surface area contributed by atoms with Crippen molar-refractivity contribution in [2.45, 2.75) is 51.6 Å². The highest BCUT2D eigenvalue weighted by Gasteiger charge is 2.21. The van der Waals surface area contributed by atoms with Gasteiger partial charge in [-0.15, -0.1) is 0 Å². The molecule has 3 nitrogen and oxygen atoms in total. The first-order chi connectivity index (χ1) is 9.10. The molecule has 0 aliphatic heterocycles. The van der Waals surface area contributed by atoms with Crippen LogP contribution in [0.2, 0.25) is 0 Å². The first-order valence-corrected chi connectivity index (χ1v) is 7.23. The Morgan fingerprint density at radius 3 is 2.84 bits per heavy atom. The highest BCUT2D eigenvalue weighted by molar-refractivity contribution is 5.41. The summed E-state index contributed by atoms with van der Waals surface area (Å²) in [4.78, 5) is 0. The van der Waals surface area contributed by atoms with Gasteiger partial charge in [-0.3, -0.25) is 0 Å². The molecule has 0 saturated heterocycles. The summed E-state index contributed by atoms with van der Waals surface area (Å²) in [6.07, 6.45) is 5.11. The normalized spacial score (nSPS) is 25.0. The van der Waals surface area contributed by atoms with E-state index in [1.807, 2.05) is 6.07 Å². The standard InChI is InChI=1S/C16H25NO2/c1-11-5-4-6-13(9-11)17-12(2)15-10-14(19-3)7-8-16(15)18/h7-8,10-13,17-18H,4-6,9H2,1-3H3. The molecular weight excluding hydrogens is 238 g/mol. The van der Waals surface area contributed by atoms with Crippen molar-refractivity contribution in [2.24, 2.45) is 5.92 Å². The molecule has 106 valence electrons. The van der Waals surface area contributed by atoms with Crippen molar-refractivity contribution in [2.75, 3.05) is 7.11 Å². The molecule has 1 aliphatic rings. The van der Waals surface area contributed by atoms with Gasteiger partial charge in [0.1, 0.15) is 11.5 Å². The average Bonchev–Trinajstić information content (AvgIpc) is 2.39. The number of phenolic OH excluding ortho intramolecular Hbond substituents is 1. The summed E-state index contributed by atoms with van der Waals surface area (Å²) in [5.41, 5.74) is 0.914. The first kappa shape index (κ1) is 14.2. The zero-order valence-electron chi connectivity index (χ0n) is 12.1. The lowest BCUT2D eigenvalue weighted by Crippen LogP contribution is -2.35.